The van der Waals surface area contributed by atoms with E-state index >= 15 is 0 Å². The van der Waals surface area contributed by atoms with Gasteiger partial charge in [0.05, 0.1) is 0 Å². The smallest absolute Gasteiger partial charge is 0.0110 e. The minimum atomic E-state index is 1.32. The Labute approximate surface area is 267 Å². The summed E-state index contributed by atoms with van der Waals surface area (Å²) in [4.78, 5) is 5.49. The van der Waals surface area contributed by atoms with E-state index in [0.717, 1.165) is 0 Å². The molecule has 0 radical (unpaired) electrons. The zero-order chi connectivity index (χ0) is 30.0. The van der Waals surface area contributed by atoms with Crippen molar-refractivity contribution in [2.24, 2.45) is 0 Å². The molecule has 0 unspecified atom stereocenters. The van der Waals surface area contributed by atoms with E-state index in [-0.39, 0.29) is 0 Å². The van der Waals surface area contributed by atoms with Gasteiger partial charge in [0.2, 0.25) is 0 Å². The summed E-state index contributed by atoms with van der Waals surface area (Å²) >= 11 is 0. The van der Waals surface area contributed by atoms with Gasteiger partial charge in [-0.15, -0.1) is 0 Å². The van der Waals surface area contributed by atoms with Gasteiger partial charge in [-0.25, -0.2) is 0 Å². The van der Waals surface area contributed by atoms with Crippen LogP contribution < -0.4 is 0 Å². The van der Waals surface area contributed by atoms with Crippen LogP contribution in [-0.4, -0.2) is 49.1 Å². The quantitative estimate of drug-likeness (QED) is 0.0688. The molecule has 1 rings (SSSR count). The Morgan fingerprint density at radius 1 is 0.238 bits per heavy atom. The van der Waals surface area contributed by atoms with Gasteiger partial charge in [0.25, 0.3) is 0 Å². The molecule has 0 saturated carbocycles. The summed E-state index contributed by atoms with van der Waals surface area (Å²) in [6.07, 6.45) is 46.9. The second-order valence-electron chi connectivity index (χ2n) is 14.3. The largest absolute Gasteiger partial charge is 0.301 e. The van der Waals surface area contributed by atoms with Crippen LogP contribution in [0.2, 0.25) is 0 Å². The molecule has 0 aromatic carbocycles. The second kappa shape index (κ2) is 33.8. The molecule has 0 amide bonds. The lowest BCUT2D eigenvalue weighted by molar-refractivity contribution is 0.129. The van der Waals surface area contributed by atoms with Gasteiger partial charge in [-0.05, 0) is 25.9 Å². The van der Waals surface area contributed by atoms with Gasteiger partial charge in [-0.2, -0.15) is 0 Å². The molecule has 0 aliphatic carbocycles. The molecule has 1 saturated heterocycles. The van der Waals surface area contributed by atoms with E-state index in [4.69, 9.17) is 0 Å². The van der Waals surface area contributed by atoms with Crippen LogP contribution in [0.1, 0.15) is 219 Å². The zero-order valence-electron chi connectivity index (χ0n) is 29.8. The first-order valence-electron chi connectivity index (χ1n) is 20.3. The summed E-state index contributed by atoms with van der Waals surface area (Å²) in [6, 6.07) is 0. The minimum absolute atomic E-state index is 1.32. The molecule has 1 fully saturated rings. The fourth-order valence-corrected chi connectivity index (χ4v) is 7.00. The Bertz CT molecular complexity index is 440. The van der Waals surface area contributed by atoms with Crippen molar-refractivity contribution in [3.8, 4) is 0 Å². The van der Waals surface area contributed by atoms with Crippen molar-refractivity contribution in [2.45, 2.75) is 219 Å². The number of unbranched alkanes of at least 4 members (excludes halogenated alkanes) is 30. The summed E-state index contributed by atoms with van der Waals surface area (Å²) < 4.78 is 0. The SMILES string of the molecule is CCCCCCCCCCCCCCCCCCN1CCN(CCCCCCCCCCCCCCCCCC)CC1. The van der Waals surface area contributed by atoms with Crippen molar-refractivity contribution in [3.05, 3.63) is 0 Å². The molecule has 1 aliphatic heterocycles. The highest BCUT2D eigenvalue weighted by Crippen LogP contribution is 2.16. The predicted molar refractivity (Wildman–Crippen MR) is 192 cm³/mol. The van der Waals surface area contributed by atoms with Crippen molar-refractivity contribution in [3.63, 3.8) is 0 Å². The van der Waals surface area contributed by atoms with Gasteiger partial charge in [-0.3, -0.25) is 0 Å². The maximum Gasteiger partial charge on any atom is 0.0110 e. The summed E-state index contributed by atoms with van der Waals surface area (Å²) in [5, 5.41) is 0. The molecule has 0 N–H and O–H groups in total. The average molecular weight is 591 g/mol. The van der Waals surface area contributed by atoms with Crippen molar-refractivity contribution in [2.75, 3.05) is 39.3 Å². The molecule has 252 valence electrons. The van der Waals surface area contributed by atoms with Crippen molar-refractivity contribution in [1.29, 1.82) is 0 Å². The molecule has 2 nitrogen and oxygen atoms in total. The summed E-state index contributed by atoms with van der Waals surface area (Å²) in [7, 11) is 0. The Balaban J connectivity index is 1.73. The lowest BCUT2D eigenvalue weighted by Gasteiger charge is -2.34. The molecule has 1 aliphatic rings. The standard InChI is InChI=1S/C40H82N2/c1-3-5-7-9-11-13-15-17-19-21-23-25-27-29-31-33-35-41-37-39-42(40-38-41)36-34-32-30-28-26-24-22-20-18-16-14-12-10-8-6-4-2/h3-40H2,1-2H3. The Hall–Kier alpha value is -0.0800. The van der Waals surface area contributed by atoms with Crippen molar-refractivity contribution < 1.29 is 0 Å². The van der Waals surface area contributed by atoms with Gasteiger partial charge in [0, 0.05) is 26.2 Å². The normalized spacial score (nSPS) is 14.7. The lowest BCUT2D eigenvalue weighted by Crippen LogP contribution is -2.46. The van der Waals surface area contributed by atoms with E-state index < -0.39 is 0 Å². The third-order valence-corrected chi connectivity index (χ3v) is 10.1. The number of piperazine rings is 1. The fraction of sp³-hybridized carbons (Fsp3) is 1.00. The number of hydrogen-bond donors (Lipinski definition) is 0. The van der Waals surface area contributed by atoms with Gasteiger partial charge in [-0.1, -0.05) is 206 Å². The third-order valence-electron chi connectivity index (χ3n) is 10.1. The fourth-order valence-electron chi connectivity index (χ4n) is 7.00. The van der Waals surface area contributed by atoms with E-state index in [2.05, 4.69) is 23.6 Å². The molecule has 42 heavy (non-hydrogen) atoms. The molecule has 0 spiro atoms. The first-order chi connectivity index (χ1) is 20.9. The highest BCUT2D eigenvalue weighted by Gasteiger charge is 2.15. The number of rotatable bonds is 34. The third kappa shape index (κ3) is 28.7. The van der Waals surface area contributed by atoms with Crippen LogP contribution in [0.4, 0.5) is 0 Å². The van der Waals surface area contributed by atoms with Crippen LogP contribution in [0.15, 0.2) is 0 Å². The maximum absolute atomic E-state index is 2.74. The Kier molecular flexibility index (Phi) is 32.2. The van der Waals surface area contributed by atoms with Gasteiger partial charge >= 0.3 is 0 Å². The molecule has 0 aromatic heterocycles. The van der Waals surface area contributed by atoms with E-state index in [1.165, 1.54) is 245 Å². The first kappa shape index (κ1) is 39.9. The van der Waals surface area contributed by atoms with Crippen LogP contribution >= 0.6 is 0 Å². The first-order valence-corrected chi connectivity index (χ1v) is 20.3. The van der Waals surface area contributed by atoms with Crippen LogP contribution in [0.5, 0.6) is 0 Å². The molecular formula is C40H82N2. The second-order valence-corrected chi connectivity index (χ2v) is 14.3. The van der Waals surface area contributed by atoms with Gasteiger partial charge in [0.15, 0.2) is 0 Å². The molecule has 0 aromatic rings. The maximum atomic E-state index is 2.74. The van der Waals surface area contributed by atoms with Crippen LogP contribution in [0.25, 0.3) is 0 Å². The van der Waals surface area contributed by atoms with Crippen LogP contribution in [-0.2, 0) is 0 Å². The van der Waals surface area contributed by atoms with E-state index in [1.54, 1.807) is 0 Å². The molecule has 2 heteroatoms. The minimum Gasteiger partial charge on any atom is -0.301 e. The topological polar surface area (TPSA) is 6.48 Å². The van der Waals surface area contributed by atoms with Gasteiger partial charge < -0.3 is 9.80 Å². The van der Waals surface area contributed by atoms with Crippen molar-refractivity contribution >= 4 is 0 Å². The Morgan fingerprint density at radius 2 is 0.405 bits per heavy atom. The van der Waals surface area contributed by atoms with Crippen LogP contribution in [0, 0.1) is 0 Å². The summed E-state index contributed by atoms with van der Waals surface area (Å²) in [6.45, 7) is 12.6. The Morgan fingerprint density at radius 3 is 0.595 bits per heavy atom. The predicted octanol–water partition coefficient (Wildman–Crippen LogP) is 13.1. The van der Waals surface area contributed by atoms with E-state index in [0.29, 0.717) is 0 Å². The van der Waals surface area contributed by atoms with E-state index in [1.807, 2.05) is 0 Å². The van der Waals surface area contributed by atoms with Crippen molar-refractivity contribution in [1.82, 2.24) is 9.80 Å². The zero-order valence-corrected chi connectivity index (χ0v) is 29.8. The monoisotopic (exact) mass is 591 g/mol. The highest BCUT2D eigenvalue weighted by molar-refractivity contribution is 4.72. The average Bonchev–Trinajstić information content (AvgIpc) is 3.01. The molecular weight excluding hydrogens is 508 g/mol. The van der Waals surface area contributed by atoms with Gasteiger partial charge in [0.1, 0.15) is 0 Å². The number of nitrogens with zero attached hydrogens (tertiary/aromatic N) is 2. The molecule has 0 bridgehead atoms. The summed E-state index contributed by atoms with van der Waals surface area (Å²) in [5.74, 6) is 0. The molecule has 0 atom stereocenters. The van der Waals surface area contributed by atoms with E-state index in [9.17, 15) is 0 Å². The van der Waals surface area contributed by atoms with Crippen LogP contribution in [0.3, 0.4) is 0 Å². The molecule has 1 heterocycles. The highest BCUT2D eigenvalue weighted by atomic mass is 15.3. The number of hydrogen-bond acceptors (Lipinski definition) is 2. The summed E-state index contributed by atoms with van der Waals surface area (Å²) in [5.41, 5.74) is 0. The lowest BCUT2D eigenvalue weighted by atomic mass is 10.0.